The van der Waals surface area contributed by atoms with Gasteiger partial charge in [-0.2, -0.15) is 0 Å². The van der Waals surface area contributed by atoms with Crippen LogP contribution in [0.3, 0.4) is 0 Å². The summed E-state index contributed by atoms with van der Waals surface area (Å²) in [6.45, 7) is 1.81. The number of anilines is 2. The van der Waals surface area contributed by atoms with E-state index in [2.05, 4.69) is 14.7 Å². The normalized spacial score (nSPS) is 11.2. The molecule has 1 aromatic heterocycles. The minimum absolute atomic E-state index is 0.00850. The minimum atomic E-state index is -3.76. The van der Waals surface area contributed by atoms with Gasteiger partial charge in [-0.05, 0) is 24.6 Å². The number of nitrogen functional groups attached to an aromatic ring is 1. The van der Waals surface area contributed by atoms with Crippen molar-refractivity contribution in [1.82, 2.24) is 9.97 Å². The van der Waals surface area contributed by atoms with E-state index < -0.39 is 10.0 Å². The van der Waals surface area contributed by atoms with Gasteiger partial charge in [0.15, 0.2) is 0 Å². The van der Waals surface area contributed by atoms with E-state index in [1.54, 1.807) is 12.1 Å². The maximum atomic E-state index is 12.0. The molecule has 0 unspecified atom stereocenters. The Morgan fingerprint density at radius 3 is 2.39 bits per heavy atom. The smallest absolute Gasteiger partial charge is 0.266 e. The zero-order chi connectivity index (χ0) is 13.2. The first-order valence-electron chi connectivity index (χ1n) is 5.15. The van der Waals surface area contributed by atoms with E-state index in [0.717, 1.165) is 5.56 Å². The summed E-state index contributed by atoms with van der Waals surface area (Å²) >= 11 is 0. The van der Waals surface area contributed by atoms with Crippen molar-refractivity contribution in [2.45, 2.75) is 11.8 Å². The van der Waals surface area contributed by atoms with Gasteiger partial charge in [-0.1, -0.05) is 12.1 Å². The Hall–Kier alpha value is -2.15. The molecule has 3 N–H and O–H groups in total. The first-order valence-corrected chi connectivity index (χ1v) is 6.63. The molecule has 0 atom stereocenters. The van der Waals surface area contributed by atoms with Gasteiger partial charge >= 0.3 is 0 Å². The maximum absolute atomic E-state index is 12.0. The number of benzene rings is 1. The van der Waals surface area contributed by atoms with Crippen LogP contribution in [0.2, 0.25) is 0 Å². The number of nitrogens with one attached hydrogen (secondary N) is 1. The fourth-order valence-corrected chi connectivity index (χ4v) is 2.44. The number of para-hydroxylation sites is 1. The second-order valence-corrected chi connectivity index (χ2v) is 5.38. The molecule has 0 spiro atoms. The van der Waals surface area contributed by atoms with Gasteiger partial charge in [-0.3, -0.25) is 0 Å². The van der Waals surface area contributed by atoms with Crippen LogP contribution in [-0.2, 0) is 10.0 Å². The molecule has 0 aliphatic carbocycles. The van der Waals surface area contributed by atoms with Gasteiger partial charge in [0.25, 0.3) is 10.0 Å². The van der Waals surface area contributed by atoms with Crippen molar-refractivity contribution in [2.24, 2.45) is 0 Å². The van der Waals surface area contributed by atoms with Crippen molar-refractivity contribution in [2.75, 3.05) is 10.5 Å². The van der Waals surface area contributed by atoms with Crippen molar-refractivity contribution in [3.05, 3.63) is 42.2 Å². The standard InChI is InChI=1S/C11H12N4O2S/c1-8-6-13-11(14-7-8)15-18(16,17)10-5-3-2-4-9(10)12/h2-7H,12H2,1H3,(H,13,14,15). The Bertz CT molecular complexity index is 653. The lowest BCUT2D eigenvalue weighted by molar-refractivity contribution is 0.601. The molecule has 0 fully saturated rings. The number of sulfonamides is 1. The number of hydrogen-bond donors (Lipinski definition) is 2. The average Bonchev–Trinajstić information content (AvgIpc) is 2.32. The van der Waals surface area contributed by atoms with Gasteiger partial charge in [0, 0.05) is 12.4 Å². The third-order valence-electron chi connectivity index (χ3n) is 2.22. The predicted molar refractivity (Wildman–Crippen MR) is 68.4 cm³/mol. The fraction of sp³-hybridized carbons (Fsp3) is 0.0909. The Morgan fingerprint density at radius 1 is 1.17 bits per heavy atom. The van der Waals surface area contributed by atoms with E-state index in [1.807, 2.05) is 6.92 Å². The highest BCUT2D eigenvalue weighted by Gasteiger charge is 2.17. The van der Waals surface area contributed by atoms with Crippen molar-refractivity contribution in [3.8, 4) is 0 Å². The summed E-state index contributed by atoms with van der Waals surface area (Å²) in [6.07, 6.45) is 3.05. The number of aryl methyl sites for hydroxylation is 1. The highest BCUT2D eigenvalue weighted by molar-refractivity contribution is 7.92. The van der Waals surface area contributed by atoms with Crippen LogP contribution in [0, 0.1) is 6.92 Å². The first kappa shape index (κ1) is 12.3. The molecule has 0 bridgehead atoms. The van der Waals surface area contributed by atoms with Crippen LogP contribution >= 0.6 is 0 Å². The molecule has 0 saturated carbocycles. The predicted octanol–water partition coefficient (Wildman–Crippen LogP) is 1.17. The quantitative estimate of drug-likeness (QED) is 0.811. The van der Waals surface area contributed by atoms with Gasteiger partial charge in [0.2, 0.25) is 5.95 Å². The number of rotatable bonds is 3. The lowest BCUT2D eigenvalue weighted by atomic mass is 10.3. The maximum Gasteiger partial charge on any atom is 0.266 e. The van der Waals surface area contributed by atoms with Crippen LogP contribution in [0.1, 0.15) is 5.56 Å². The molecular formula is C11H12N4O2S. The van der Waals surface area contributed by atoms with Crippen molar-refractivity contribution in [1.29, 1.82) is 0 Å². The second kappa shape index (κ2) is 4.61. The molecule has 1 heterocycles. The van der Waals surface area contributed by atoms with Gasteiger partial charge in [0.05, 0.1) is 5.69 Å². The van der Waals surface area contributed by atoms with Gasteiger partial charge in [0.1, 0.15) is 4.90 Å². The summed E-state index contributed by atoms with van der Waals surface area (Å²) in [5.41, 5.74) is 6.65. The Morgan fingerprint density at radius 2 is 1.78 bits per heavy atom. The van der Waals surface area contributed by atoms with Crippen molar-refractivity contribution in [3.63, 3.8) is 0 Å². The third-order valence-corrected chi connectivity index (χ3v) is 3.62. The van der Waals surface area contributed by atoms with Gasteiger partial charge < -0.3 is 5.73 Å². The highest BCUT2D eigenvalue weighted by Crippen LogP contribution is 2.19. The van der Waals surface area contributed by atoms with E-state index in [1.165, 1.54) is 24.5 Å². The van der Waals surface area contributed by atoms with Crippen LogP contribution in [0.5, 0.6) is 0 Å². The fourth-order valence-electron chi connectivity index (χ4n) is 1.35. The van der Waals surface area contributed by atoms with Crippen LogP contribution in [-0.4, -0.2) is 18.4 Å². The molecule has 2 aromatic rings. The van der Waals surface area contributed by atoms with Crippen LogP contribution < -0.4 is 10.5 Å². The summed E-state index contributed by atoms with van der Waals surface area (Å²) in [4.78, 5) is 7.76. The molecule has 1 aromatic carbocycles. The molecule has 0 radical (unpaired) electrons. The highest BCUT2D eigenvalue weighted by atomic mass is 32.2. The molecule has 0 amide bonds. The molecule has 2 rings (SSSR count). The Kier molecular flexibility index (Phi) is 3.15. The monoisotopic (exact) mass is 264 g/mol. The topological polar surface area (TPSA) is 98.0 Å². The number of nitrogens with two attached hydrogens (primary N) is 1. The zero-order valence-electron chi connectivity index (χ0n) is 9.66. The molecule has 18 heavy (non-hydrogen) atoms. The van der Waals surface area contributed by atoms with E-state index in [-0.39, 0.29) is 16.5 Å². The summed E-state index contributed by atoms with van der Waals surface area (Å²) in [6, 6.07) is 6.20. The van der Waals surface area contributed by atoms with E-state index >= 15 is 0 Å². The van der Waals surface area contributed by atoms with Crippen LogP contribution in [0.15, 0.2) is 41.6 Å². The lowest BCUT2D eigenvalue weighted by Gasteiger charge is -2.08. The van der Waals surface area contributed by atoms with Crippen molar-refractivity contribution < 1.29 is 8.42 Å². The number of hydrogen-bond acceptors (Lipinski definition) is 5. The molecule has 0 saturated heterocycles. The van der Waals surface area contributed by atoms with Crippen molar-refractivity contribution >= 4 is 21.7 Å². The Labute approximate surface area is 105 Å². The molecule has 7 heteroatoms. The molecule has 0 aliphatic rings. The molecule has 94 valence electrons. The molecular weight excluding hydrogens is 252 g/mol. The zero-order valence-corrected chi connectivity index (χ0v) is 10.5. The second-order valence-electron chi connectivity index (χ2n) is 3.73. The summed E-state index contributed by atoms with van der Waals surface area (Å²) in [5, 5.41) is 0. The molecule has 6 nitrogen and oxygen atoms in total. The van der Waals surface area contributed by atoms with Gasteiger partial charge in [-0.25, -0.2) is 23.1 Å². The third kappa shape index (κ3) is 2.57. The first-order chi connectivity index (χ1) is 8.49. The van der Waals surface area contributed by atoms with E-state index in [9.17, 15) is 8.42 Å². The largest absolute Gasteiger partial charge is 0.398 e. The SMILES string of the molecule is Cc1cnc(NS(=O)(=O)c2ccccc2N)nc1. The average molecular weight is 264 g/mol. The number of nitrogens with zero attached hydrogens (tertiary/aromatic N) is 2. The van der Waals surface area contributed by atoms with Crippen LogP contribution in [0.25, 0.3) is 0 Å². The van der Waals surface area contributed by atoms with Gasteiger partial charge in [-0.15, -0.1) is 0 Å². The number of aromatic nitrogens is 2. The lowest BCUT2D eigenvalue weighted by Crippen LogP contribution is -2.16. The summed E-state index contributed by atoms with van der Waals surface area (Å²) in [5.74, 6) is 0.0175. The Balaban J connectivity index is 2.33. The van der Waals surface area contributed by atoms with E-state index in [4.69, 9.17) is 5.73 Å². The van der Waals surface area contributed by atoms with E-state index in [0.29, 0.717) is 0 Å². The summed E-state index contributed by atoms with van der Waals surface area (Å²) in [7, 11) is -3.76. The minimum Gasteiger partial charge on any atom is -0.398 e. The molecule has 0 aliphatic heterocycles. The van der Waals surface area contributed by atoms with Crippen LogP contribution in [0.4, 0.5) is 11.6 Å². The summed E-state index contributed by atoms with van der Waals surface area (Å²) < 4.78 is 26.3.